The van der Waals surface area contributed by atoms with Crippen LogP contribution in [-0.2, 0) is 9.53 Å². The van der Waals surface area contributed by atoms with Gasteiger partial charge in [0.15, 0.2) is 0 Å². The van der Waals surface area contributed by atoms with Crippen LogP contribution in [0.5, 0.6) is 0 Å². The SMILES string of the molecule is CC(C)OCCC(=O)Nc1nnc(C2CC2)s1. The normalized spacial score (nSPS) is 15.2. The van der Waals surface area contributed by atoms with Crippen molar-refractivity contribution in [1.29, 1.82) is 0 Å². The minimum atomic E-state index is -0.0656. The molecule has 1 fully saturated rings. The van der Waals surface area contributed by atoms with Gasteiger partial charge in [-0.25, -0.2) is 0 Å². The molecular formula is C11H17N3O2S. The van der Waals surface area contributed by atoms with Gasteiger partial charge in [0.05, 0.1) is 19.1 Å². The molecule has 0 aromatic carbocycles. The first kappa shape index (κ1) is 12.4. The van der Waals surface area contributed by atoms with Gasteiger partial charge < -0.3 is 10.1 Å². The van der Waals surface area contributed by atoms with Gasteiger partial charge in [0.2, 0.25) is 11.0 Å². The Kier molecular flexibility index (Phi) is 4.06. The van der Waals surface area contributed by atoms with Gasteiger partial charge in [-0.15, -0.1) is 10.2 Å². The summed E-state index contributed by atoms with van der Waals surface area (Å²) in [7, 11) is 0. The second-order valence-corrected chi connectivity index (χ2v) is 5.45. The van der Waals surface area contributed by atoms with Gasteiger partial charge in [0.25, 0.3) is 0 Å². The second kappa shape index (κ2) is 5.55. The van der Waals surface area contributed by atoms with E-state index >= 15 is 0 Å². The quantitative estimate of drug-likeness (QED) is 0.846. The highest BCUT2D eigenvalue weighted by atomic mass is 32.1. The number of rotatable bonds is 6. The molecule has 0 bridgehead atoms. The van der Waals surface area contributed by atoms with E-state index in [-0.39, 0.29) is 12.0 Å². The Labute approximate surface area is 105 Å². The lowest BCUT2D eigenvalue weighted by Gasteiger charge is -2.06. The fourth-order valence-corrected chi connectivity index (χ4v) is 2.28. The minimum absolute atomic E-state index is 0.0656. The second-order valence-electron chi connectivity index (χ2n) is 4.44. The van der Waals surface area contributed by atoms with Crippen LogP contribution < -0.4 is 5.32 Å². The molecule has 0 atom stereocenters. The van der Waals surface area contributed by atoms with Crippen LogP contribution in [0.25, 0.3) is 0 Å². The average molecular weight is 255 g/mol. The molecule has 1 heterocycles. The number of nitrogens with zero attached hydrogens (tertiary/aromatic N) is 2. The van der Waals surface area contributed by atoms with Crippen molar-refractivity contribution in [2.75, 3.05) is 11.9 Å². The fourth-order valence-electron chi connectivity index (χ4n) is 1.35. The molecule has 0 spiro atoms. The number of amides is 1. The smallest absolute Gasteiger partial charge is 0.228 e. The largest absolute Gasteiger partial charge is 0.378 e. The molecule has 0 saturated heterocycles. The van der Waals surface area contributed by atoms with Gasteiger partial charge >= 0.3 is 0 Å². The summed E-state index contributed by atoms with van der Waals surface area (Å²) in [5.41, 5.74) is 0. The van der Waals surface area contributed by atoms with E-state index in [1.165, 1.54) is 24.2 Å². The summed E-state index contributed by atoms with van der Waals surface area (Å²) in [6.07, 6.45) is 2.91. The third kappa shape index (κ3) is 4.05. The third-order valence-electron chi connectivity index (χ3n) is 2.39. The Balaban J connectivity index is 1.73. The Hall–Kier alpha value is -1.01. The average Bonchev–Trinajstić information content (AvgIpc) is 3.00. The van der Waals surface area contributed by atoms with Gasteiger partial charge in [0.1, 0.15) is 5.01 Å². The molecule has 1 aliphatic rings. The number of hydrogen-bond acceptors (Lipinski definition) is 5. The maximum atomic E-state index is 11.5. The Morgan fingerprint density at radius 3 is 2.94 bits per heavy atom. The zero-order valence-electron chi connectivity index (χ0n) is 10.1. The van der Waals surface area contributed by atoms with E-state index in [4.69, 9.17) is 4.74 Å². The fraction of sp³-hybridized carbons (Fsp3) is 0.727. The molecule has 1 aromatic rings. The van der Waals surface area contributed by atoms with Crippen LogP contribution in [-0.4, -0.2) is 28.8 Å². The summed E-state index contributed by atoms with van der Waals surface area (Å²) in [5.74, 6) is 0.520. The van der Waals surface area contributed by atoms with E-state index in [1.807, 2.05) is 13.8 Å². The third-order valence-corrected chi connectivity index (χ3v) is 3.40. The topological polar surface area (TPSA) is 64.1 Å². The van der Waals surface area contributed by atoms with Crippen LogP contribution in [0.15, 0.2) is 0 Å². The Morgan fingerprint density at radius 2 is 2.29 bits per heavy atom. The lowest BCUT2D eigenvalue weighted by Crippen LogP contribution is -2.15. The molecule has 94 valence electrons. The van der Waals surface area contributed by atoms with Crippen LogP contribution in [0.4, 0.5) is 5.13 Å². The van der Waals surface area contributed by atoms with Crippen molar-refractivity contribution in [2.45, 2.75) is 45.1 Å². The number of anilines is 1. The van der Waals surface area contributed by atoms with Crippen LogP contribution in [0.2, 0.25) is 0 Å². The summed E-state index contributed by atoms with van der Waals surface area (Å²) < 4.78 is 5.31. The number of carbonyl (C=O) groups excluding carboxylic acids is 1. The molecule has 5 nitrogen and oxygen atoms in total. The predicted molar refractivity (Wildman–Crippen MR) is 66.2 cm³/mol. The van der Waals surface area contributed by atoms with Crippen molar-refractivity contribution >= 4 is 22.4 Å². The number of hydrogen-bond donors (Lipinski definition) is 1. The number of aromatic nitrogens is 2. The molecule has 1 aliphatic carbocycles. The van der Waals surface area contributed by atoms with Gasteiger partial charge in [-0.3, -0.25) is 4.79 Å². The molecule has 1 N–H and O–H groups in total. The molecule has 1 amide bonds. The first-order valence-electron chi connectivity index (χ1n) is 5.90. The van der Waals surface area contributed by atoms with Crippen molar-refractivity contribution < 1.29 is 9.53 Å². The first-order valence-corrected chi connectivity index (χ1v) is 6.71. The Morgan fingerprint density at radius 1 is 1.53 bits per heavy atom. The van der Waals surface area contributed by atoms with Crippen molar-refractivity contribution in [1.82, 2.24) is 10.2 Å². The van der Waals surface area contributed by atoms with E-state index < -0.39 is 0 Å². The zero-order chi connectivity index (χ0) is 12.3. The number of ether oxygens (including phenoxy) is 1. The van der Waals surface area contributed by atoms with Crippen LogP contribution in [0.1, 0.15) is 44.0 Å². The maximum absolute atomic E-state index is 11.5. The van der Waals surface area contributed by atoms with E-state index in [0.29, 0.717) is 24.1 Å². The van der Waals surface area contributed by atoms with E-state index in [1.54, 1.807) is 0 Å². The summed E-state index contributed by atoms with van der Waals surface area (Å²) in [4.78, 5) is 11.5. The molecule has 0 radical (unpaired) electrons. The minimum Gasteiger partial charge on any atom is -0.378 e. The van der Waals surface area contributed by atoms with Crippen LogP contribution in [0, 0.1) is 0 Å². The lowest BCUT2D eigenvalue weighted by molar-refractivity contribution is -0.117. The number of carbonyl (C=O) groups is 1. The van der Waals surface area contributed by atoms with Gasteiger partial charge in [-0.05, 0) is 26.7 Å². The van der Waals surface area contributed by atoms with E-state index in [0.717, 1.165) is 5.01 Å². The molecule has 1 saturated carbocycles. The highest BCUT2D eigenvalue weighted by molar-refractivity contribution is 7.15. The highest BCUT2D eigenvalue weighted by Gasteiger charge is 2.27. The van der Waals surface area contributed by atoms with Crippen molar-refractivity contribution in [3.05, 3.63) is 5.01 Å². The monoisotopic (exact) mass is 255 g/mol. The highest BCUT2D eigenvalue weighted by Crippen LogP contribution is 2.41. The maximum Gasteiger partial charge on any atom is 0.228 e. The molecular weight excluding hydrogens is 238 g/mol. The molecule has 2 rings (SSSR count). The van der Waals surface area contributed by atoms with Crippen LogP contribution >= 0.6 is 11.3 Å². The number of nitrogens with one attached hydrogen (secondary N) is 1. The van der Waals surface area contributed by atoms with Crippen LogP contribution in [0.3, 0.4) is 0 Å². The lowest BCUT2D eigenvalue weighted by atomic mass is 10.4. The first-order chi connectivity index (χ1) is 8.15. The summed E-state index contributed by atoms with van der Waals surface area (Å²) in [6, 6.07) is 0. The molecule has 6 heteroatoms. The van der Waals surface area contributed by atoms with E-state index in [2.05, 4.69) is 15.5 Å². The molecule has 0 unspecified atom stereocenters. The predicted octanol–water partition coefficient (Wildman–Crippen LogP) is 2.17. The zero-order valence-corrected chi connectivity index (χ0v) is 10.9. The van der Waals surface area contributed by atoms with Gasteiger partial charge in [0, 0.05) is 5.92 Å². The molecule has 1 aromatic heterocycles. The van der Waals surface area contributed by atoms with Crippen molar-refractivity contribution in [2.24, 2.45) is 0 Å². The molecule has 17 heavy (non-hydrogen) atoms. The molecule has 0 aliphatic heterocycles. The van der Waals surface area contributed by atoms with Crippen molar-refractivity contribution in [3.8, 4) is 0 Å². The Bertz CT molecular complexity index is 388. The standard InChI is InChI=1S/C11H17N3O2S/c1-7(2)16-6-5-9(15)12-11-14-13-10(17-11)8-3-4-8/h7-8H,3-6H2,1-2H3,(H,12,14,15). The summed E-state index contributed by atoms with van der Waals surface area (Å²) >= 11 is 1.48. The summed E-state index contributed by atoms with van der Waals surface area (Å²) in [5, 5.41) is 12.4. The van der Waals surface area contributed by atoms with Gasteiger partial charge in [-0.2, -0.15) is 0 Å². The van der Waals surface area contributed by atoms with E-state index in [9.17, 15) is 4.79 Å². The summed E-state index contributed by atoms with van der Waals surface area (Å²) in [6.45, 7) is 4.34. The van der Waals surface area contributed by atoms with Crippen molar-refractivity contribution in [3.63, 3.8) is 0 Å². The van der Waals surface area contributed by atoms with Gasteiger partial charge in [-0.1, -0.05) is 11.3 Å².